The number of likely N-dealkylation sites (tertiary alicyclic amines) is 1. The van der Waals surface area contributed by atoms with Gasteiger partial charge in [-0.1, -0.05) is 97.1 Å². The van der Waals surface area contributed by atoms with Gasteiger partial charge in [0.2, 0.25) is 5.60 Å². The lowest BCUT2D eigenvalue weighted by Crippen LogP contribution is -2.43. The highest BCUT2D eigenvalue weighted by Gasteiger charge is 2.43. The van der Waals surface area contributed by atoms with Crippen molar-refractivity contribution in [1.82, 2.24) is 4.90 Å². The molecule has 6 nitrogen and oxygen atoms in total. The molecule has 1 aliphatic rings. The van der Waals surface area contributed by atoms with Gasteiger partial charge in [-0.3, -0.25) is 4.90 Å². The average molecular weight is 644 g/mol. The SMILES string of the molecule is Cl.Cl.NCc1ccc(COc2cccc([C@](O)(C(=O)OC3CCN(Cc4ccccc4)CC3)c3ccccc3)c2)cc1.S. The topological polar surface area (TPSA) is 85.0 Å². The molecule has 0 bridgehead atoms. The van der Waals surface area contributed by atoms with Gasteiger partial charge in [0.15, 0.2) is 0 Å². The maximum atomic E-state index is 13.7. The Kier molecular flexibility index (Phi) is 14.5. The second-order valence-corrected chi connectivity index (χ2v) is 10.3. The Morgan fingerprint density at radius 1 is 0.791 bits per heavy atom. The van der Waals surface area contributed by atoms with Crippen LogP contribution < -0.4 is 10.5 Å². The summed E-state index contributed by atoms with van der Waals surface area (Å²) in [6.45, 7) is 3.37. The van der Waals surface area contributed by atoms with Crippen molar-refractivity contribution in [2.45, 2.75) is 44.2 Å². The minimum atomic E-state index is -1.97. The molecular formula is C34H40Cl2N2O4S. The van der Waals surface area contributed by atoms with Crippen LogP contribution in [0.4, 0.5) is 0 Å². The van der Waals surface area contributed by atoms with Gasteiger partial charge in [0.1, 0.15) is 18.5 Å². The van der Waals surface area contributed by atoms with Crippen molar-refractivity contribution in [2.75, 3.05) is 13.1 Å². The number of hydrogen-bond acceptors (Lipinski definition) is 6. The van der Waals surface area contributed by atoms with Crippen LogP contribution in [0.5, 0.6) is 5.75 Å². The minimum Gasteiger partial charge on any atom is -0.489 e. The van der Waals surface area contributed by atoms with Gasteiger partial charge in [-0.15, -0.1) is 24.8 Å². The Bertz CT molecular complexity index is 1390. The molecule has 0 amide bonds. The first kappa shape index (κ1) is 36.2. The first-order chi connectivity index (χ1) is 19.5. The second kappa shape index (κ2) is 17.3. The van der Waals surface area contributed by atoms with Gasteiger partial charge in [-0.05, 0) is 47.2 Å². The molecule has 3 N–H and O–H groups in total. The van der Waals surface area contributed by atoms with Crippen LogP contribution in [0, 0.1) is 0 Å². The Labute approximate surface area is 273 Å². The number of hydrogen-bond donors (Lipinski definition) is 2. The Hall–Kier alpha value is -3.04. The smallest absolute Gasteiger partial charge is 0.347 e. The molecule has 0 radical (unpaired) electrons. The molecule has 0 spiro atoms. The quantitative estimate of drug-likeness (QED) is 0.203. The number of aliphatic hydroxyl groups is 1. The molecule has 0 unspecified atom stereocenters. The van der Waals surface area contributed by atoms with Crippen molar-refractivity contribution in [1.29, 1.82) is 0 Å². The van der Waals surface area contributed by atoms with Gasteiger partial charge >= 0.3 is 5.97 Å². The zero-order chi connectivity index (χ0) is 27.8. The molecule has 1 fully saturated rings. The fourth-order valence-corrected chi connectivity index (χ4v) is 5.09. The summed E-state index contributed by atoms with van der Waals surface area (Å²) in [4.78, 5) is 16.1. The van der Waals surface area contributed by atoms with E-state index in [1.165, 1.54) is 5.56 Å². The van der Waals surface area contributed by atoms with E-state index in [0.717, 1.165) is 43.6 Å². The second-order valence-electron chi connectivity index (χ2n) is 10.3. The molecule has 0 saturated carbocycles. The highest BCUT2D eigenvalue weighted by atomic mass is 35.5. The number of piperidine rings is 1. The van der Waals surface area contributed by atoms with Crippen molar-refractivity contribution < 1.29 is 19.4 Å². The van der Waals surface area contributed by atoms with Crippen LogP contribution in [0.3, 0.4) is 0 Å². The predicted molar refractivity (Wildman–Crippen MR) is 180 cm³/mol. The molecule has 1 atom stereocenters. The Balaban J connectivity index is 0.00000215. The summed E-state index contributed by atoms with van der Waals surface area (Å²) < 4.78 is 12.0. The lowest BCUT2D eigenvalue weighted by molar-refractivity contribution is -0.170. The number of carbonyl (C=O) groups excluding carboxylic acids is 1. The lowest BCUT2D eigenvalue weighted by Gasteiger charge is -2.34. The highest BCUT2D eigenvalue weighted by molar-refractivity contribution is 7.59. The van der Waals surface area contributed by atoms with Gasteiger partial charge in [0.25, 0.3) is 0 Å². The van der Waals surface area contributed by atoms with Gasteiger partial charge in [-0.25, -0.2) is 4.79 Å². The summed E-state index contributed by atoms with van der Waals surface area (Å²) in [5.41, 5.74) is 7.91. The van der Waals surface area contributed by atoms with Crippen molar-refractivity contribution in [3.63, 3.8) is 0 Å². The minimum absolute atomic E-state index is 0. The monoisotopic (exact) mass is 642 g/mol. The van der Waals surface area contributed by atoms with Crippen LogP contribution in [0.15, 0.2) is 109 Å². The lowest BCUT2D eigenvalue weighted by atomic mass is 9.86. The number of nitrogens with two attached hydrogens (primary N) is 1. The molecule has 43 heavy (non-hydrogen) atoms. The van der Waals surface area contributed by atoms with Crippen molar-refractivity contribution in [3.05, 3.63) is 137 Å². The van der Waals surface area contributed by atoms with Gasteiger partial charge < -0.3 is 20.3 Å². The molecule has 5 rings (SSSR count). The first-order valence-corrected chi connectivity index (χ1v) is 13.8. The molecule has 4 aromatic carbocycles. The molecule has 0 aliphatic carbocycles. The van der Waals surface area contributed by atoms with Gasteiger partial charge in [-0.2, -0.15) is 13.5 Å². The molecule has 4 aromatic rings. The van der Waals surface area contributed by atoms with E-state index in [4.69, 9.17) is 15.2 Å². The van der Waals surface area contributed by atoms with Crippen LogP contribution >= 0.6 is 38.3 Å². The number of esters is 1. The Morgan fingerprint density at radius 3 is 2.00 bits per heavy atom. The van der Waals surface area contributed by atoms with E-state index in [9.17, 15) is 9.90 Å². The number of benzene rings is 4. The normalized spacial score (nSPS) is 14.7. The maximum Gasteiger partial charge on any atom is 0.347 e. The third kappa shape index (κ3) is 9.22. The van der Waals surface area contributed by atoms with Crippen LogP contribution in [0.1, 0.15) is 40.7 Å². The van der Waals surface area contributed by atoms with E-state index in [0.29, 0.717) is 30.0 Å². The molecule has 0 aromatic heterocycles. The number of halogens is 2. The van der Waals surface area contributed by atoms with E-state index in [2.05, 4.69) is 17.0 Å². The summed E-state index contributed by atoms with van der Waals surface area (Å²) in [6.07, 6.45) is 1.18. The fraction of sp³-hybridized carbons (Fsp3) is 0.265. The fourth-order valence-electron chi connectivity index (χ4n) is 5.09. The highest BCUT2D eigenvalue weighted by Crippen LogP contribution is 2.34. The number of nitrogens with zero attached hydrogens (tertiary/aromatic N) is 1. The predicted octanol–water partition coefficient (Wildman–Crippen LogP) is 6.12. The van der Waals surface area contributed by atoms with Crippen molar-refractivity contribution in [2.24, 2.45) is 5.73 Å². The molecule has 9 heteroatoms. The van der Waals surface area contributed by atoms with Crippen LogP contribution in [-0.4, -0.2) is 35.2 Å². The van der Waals surface area contributed by atoms with E-state index in [1.54, 1.807) is 42.5 Å². The van der Waals surface area contributed by atoms with E-state index < -0.39 is 11.6 Å². The number of carbonyl (C=O) groups is 1. The molecular weight excluding hydrogens is 603 g/mol. The molecule has 230 valence electrons. The largest absolute Gasteiger partial charge is 0.489 e. The van der Waals surface area contributed by atoms with E-state index in [1.807, 2.05) is 54.6 Å². The van der Waals surface area contributed by atoms with Gasteiger partial charge in [0, 0.05) is 31.7 Å². The molecule has 1 aliphatic heterocycles. The average Bonchev–Trinajstić information content (AvgIpc) is 3.02. The summed E-state index contributed by atoms with van der Waals surface area (Å²) in [6, 6.07) is 34.3. The molecule has 1 saturated heterocycles. The first-order valence-electron chi connectivity index (χ1n) is 13.8. The summed E-state index contributed by atoms with van der Waals surface area (Å²) in [5, 5.41) is 12.0. The zero-order valence-corrected chi connectivity index (χ0v) is 26.6. The van der Waals surface area contributed by atoms with Crippen LogP contribution in [-0.2, 0) is 34.8 Å². The van der Waals surface area contributed by atoms with Crippen LogP contribution in [0.2, 0.25) is 0 Å². The Morgan fingerprint density at radius 2 is 1.37 bits per heavy atom. The number of ether oxygens (including phenoxy) is 2. The maximum absolute atomic E-state index is 13.7. The van der Waals surface area contributed by atoms with Crippen molar-refractivity contribution in [3.8, 4) is 5.75 Å². The summed E-state index contributed by atoms with van der Waals surface area (Å²) >= 11 is 0. The summed E-state index contributed by atoms with van der Waals surface area (Å²) in [7, 11) is 0. The summed E-state index contributed by atoms with van der Waals surface area (Å²) in [5.74, 6) is -0.119. The van der Waals surface area contributed by atoms with Gasteiger partial charge in [0.05, 0.1) is 0 Å². The standard InChI is InChI=1S/C34H36N2O4.2ClH.H2S/c35-23-26-14-16-28(17-15-26)25-39-32-13-7-12-30(22-32)34(38,29-10-5-2-6-11-29)33(37)40-31-18-20-36(21-19-31)24-27-8-3-1-4-9-27;;;/h1-17,22,31,38H,18-21,23-25,35H2;2*1H;1H2/t34-;;;/m0.../s1. The van der Waals surface area contributed by atoms with Crippen LogP contribution in [0.25, 0.3) is 0 Å². The zero-order valence-electron chi connectivity index (χ0n) is 23.9. The number of rotatable bonds is 10. The van der Waals surface area contributed by atoms with E-state index >= 15 is 0 Å². The van der Waals surface area contributed by atoms with Crippen molar-refractivity contribution >= 4 is 44.3 Å². The van der Waals surface area contributed by atoms with E-state index in [-0.39, 0.29) is 44.4 Å². The third-order valence-corrected chi connectivity index (χ3v) is 7.46. The third-order valence-electron chi connectivity index (χ3n) is 7.46. The molecule has 1 heterocycles.